The van der Waals surface area contributed by atoms with Gasteiger partial charge in [-0.2, -0.15) is 4.98 Å². The molecule has 0 aliphatic carbocycles. The summed E-state index contributed by atoms with van der Waals surface area (Å²) in [6.45, 7) is 0. The molecule has 0 atom stereocenters. The van der Waals surface area contributed by atoms with E-state index in [1.807, 2.05) is 53.1 Å². The van der Waals surface area contributed by atoms with Crippen LogP contribution < -0.4 is 0 Å². The molecule has 3 aromatic heterocycles. The van der Waals surface area contributed by atoms with Crippen LogP contribution in [0.15, 0.2) is 59.5 Å². The molecule has 6 heteroatoms. The van der Waals surface area contributed by atoms with E-state index in [1.54, 1.807) is 6.33 Å². The van der Waals surface area contributed by atoms with Crippen LogP contribution >= 0.6 is 0 Å². The summed E-state index contributed by atoms with van der Waals surface area (Å²) < 4.78 is 7.12. The summed E-state index contributed by atoms with van der Waals surface area (Å²) in [4.78, 5) is 4.41. The first kappa shape index (κ1) is 10.9. The molecule has 4 aromatic rings. The molecule has 6 nitrogen and oxygen atoms in total. The molecule has 0 fully saturated rings. The summed E-state index contributed by atoms with van der Waals surface area (Å²) in [5, 5.41) is 11.8. The van der Waals surface area contributed by atoms with Crippen LogP contribution in [-0.4, -0.2) is 24.7 Å². The molecular weight excluding hydrogens is 254 g/mol. The first-order chi connectivity index (χ1) is 9.90. The van der Waals surface area contributed by atoms with Crippen molar-refractivity contribution in [1.82, 2.24) is 24.7 Å². The third-order valence-corrected chi connectivity index (χ3v) is 3.00. The number of fused-ring (bicyclic) bond motifs is 1. The molecule has 0 saturated heterocycles. The van der Waals surface area contributed by atoms with Crippen LogP contribution in [0.4, 0.5) is 0 Å². The Bertz CT molecular complexity index is 865. The fourth-order valence-electron chi connectivity index (χ4n) is 2.00. The standard InChI is InChI=1S/C14H9N5O/c1-2-4-10(5-3-1)13-16-14(20-18-13)11-6-7-12-17-15-9-19(12)8-11/h1-9H. The highest BCUT2D eigenvalue weighted by Crippen LogP contribution is 2.22. The lowest BCUT2D eigenvalue weighted by Crippen LogP contribution is -1.86. The Balaban J connectivity index is 1.77. The number of hydrogen-bond acceptors (Lipinski definition) is 5. The van der Waals surface area contributed by atoms with E-state index >= 15 is 0 Å². The van der Waals surface area contributed by atoms with Crippen molar-refractivity contribution in [2.24, 2.45) is 0 Å². The van der Waals surface area contributed by atoms with E-state index in [4.69, 9.17) is 4.52 Å². The molecule has 0 spiro atoms. The Labute approximate surface area is 113 Å². The van der Waals surface area contributed by atoms with Gasteiger partial charge < -0.3 is 4.52 Å². The largest absolute Gasteiger partial charge is 0.334 e. The Morgan fingerprint density at radius 1 is 0.950 bits per heavy atom. The first-order valence-electron chi connectivity index (χ1n) is 6.09. The zero-order valence-electron chi connectivity index (χ0n) is 10.3. The van der Waals surface area contributed by atoms with Gasteiger partial charge in [0.05, 0.1) is 5.56 Å². The topological polar surface area (TPSA) is 69.1 Å². The number of rotatable bonds is 2. The fourth-order valence-corrected chi connectivity index (χ4v) is 2.00. The van der Waals surface area contributed by atoms with E-state index in [0.717, 1.165) is 16.8 Å². The third kappa shape index (κ3) is 1.74. The van der Waals surface area contributed by atoms with Gasteiger partial charge in [-0.05, 0) is 12.1 Å². The highest BCUT2D eigenvalue weighted by molar-refractivity contribution is 5.60. The lowest BCUT2D eigenvalue weighted by atomic mass is 10.2. The second kappa shape index (κ2) is 4.27. The predicted octanol–water partition coefficient (Wildman–Crippen LogP) is 2.45. The summed E-state index contributed by atoms with van der Waals surface area (Å²) in [7, 11) is 0. The second-order valence-electron chi connectivity index (χ2n) is 4.30. The van der Waals surface area contributed by atoms with Gasteiger partial charge in [0.15, 0.2) is 5.65 Å². The summed E-state index contributed by atoms with van der Waals surface area (Å²) in [6.07, 6.45) is 3.49. The Kier molecular flexibility index (Phi) is 2.32. The van der Waals surface area contributed by atoms with Crippen molar-refractivity contribution >= 4 is 5.65 Å². The maximum Gasteiger partial charge on any atom is 0.259 e. The molecule has 0 bridgehead atoms. The van der Waals surface area contributed by atoms with Crippen molar-refractivity contribution in [3.05, 3.63) is 55.0 Å². The van der Waals surface area contributed by atoms with Crippen molar-refractivity contribution in [3.8, 4) is 22.8 Å². The van der Waals surface area contributed by atoms with Gasteiger partial charge in [0, 0.05) is 11.8 Å². The van der Waals surface area contributed by atoms with Gasteiger partial charge in [0.25, 0.3) is 5.89 Å². The molecule has 0 radical (unpaired) electrons. The van der Waals surface area contributed by atoms with Crippen molar-refractivity contribution in [2.75, 3.05) is 0 Å². The van der Waals surface area contributed by atoms with E-state index in [1.165, 1.54) is 0 Å². The number of benzene rings is 1. The van der Waals surface area contributed by atoms with Gasteiger partial charge in [-0.25, -0.2) is 0 Å². The Morgan fingerprint density at radius 3 is 2.75 bits per heavy atom. The molecule has 4 rings (SSSR count). The maximum absolute atomic E-state index is 5.32. The van der Waals surface area contributed by atoms with Crippen molar-refractivity contribution in [1.29, 1.82) is 0 Å². The molecule has 1 aromatic carbocycles. The summed E-state index contributed by atoms with van der Waals surface area (Å²) >= 11 is 0. The molecule has 0 N–H and O–H groups in total. The Morgan fingerprint density at radius 2 is 1.85 bits per heavy atom. The van der Waals surface area contributed by atoms with Crippen LogP contribution in [0, 0.1) is 0 Å². The number of aromatic nitrogens is 5. The number of pyridine rings is 1. The zero-order chi connectivity index (χ0) is 13.4. The summed E-state index contributed by atoms with van der Waals surface area (Å²) in [6, 6.07) is 13.4. The van der Waals surface area contributed by atoms with E-state index in [0.29, 0.717) is 11.7 Å². The van der Waals surface area contributed by atoms with Crippen molar-refractivity contribution < 1.29 is 4.52 Å². The first-order valence-corrected chi connectivity index (χ1v) is 6.09. The van der Waals surface area contributed by atoms with E-state index in [2.05, 4.69) is 20.3 Å². The highest BCUT2D eigenvalue weighted by Gasteiger charge is 2.11. The molecule has 0 aliphatic rings. The lowest BCUT2D eigenvalue weighted by Gasteiger charge is -1.95. The van der Waals surface area contributed by atoms with Crippen LogP contribution in [-0.2, 0) is 0 Å². The molecule has 96 valence electrons. The van der Waals surface area contributed by atoms with Crippen LogP contribution in [0.3, 0.4) is 0 Å². The van der Waals surface area contributed by atoms with Gasteiger partial charge in [-0.1, -0.05) is 35.5 Å². The van der Waals surface area contributed by atoms with Gasteiger partial charge in [0.1, 0.15) is 6.33 Å². The number of nitrogens with zero attached hydrogens (tertiary/aromatic N) is 5. The van der Waals surface area contributed by atoms with E-state index in [-0.39, 0.29) is 0 Å². The third-order valence-electron chi connectivity index (χ3n) is 3.00. The minimum atomic E-state index is 0.472. The minimum Gasteiger partial charge on any atom is -0.334 e. The zero-order valence-corrected chi connectivity index (χ0v) is 10.3. The molecule has 20 heavy (non-hydrogen) atoms. The molecule has 0 amide bonds. The van der Waals surface area contributed by atoms with Crippen molar-refractivity contribution in [2.45, 2.75) is 0 Å². The summed E-state index contributed by atoms with van der Waals surface area (Å²) in [5.41, 5.74) is 2.52. The molecular formula is C14H9N5O. The smallest absolute Gasteiger partial charge is 0.259 e. The monoisotopic (exact) mass is 263 g/mol. The molecule has 0 aliphatic heterocycles. The molecule has 0 saturated carbocycles. The van der Waals surface area contributed by atoms with Crippen LogP contribution in [0.25, 0.3) is 28.5 Å². The van der Waals surface area contributed by atoms with Gasteiger partial charge in [-0.3, -0.25) is 4.40 Å². The fraction of sp³-hybridized carbons (Fsp3) is 0. The average molecular weight is 263 g/mol. The van der Waals surface area contributed by atoms with Crippen LogP contribution in [0.2, 0.25) is 0 Å². The lowest BCUT2D eigenvalue weighted by molar-refractivity contribution is 0.432. The average Bonchev–Trinajstić information content (AvgIpc) is 3.16. The molecule has 3 heterocycles. The van der Waals surface area contributed by atoms with Crippen LogP contribution in [0.1, 0.15) is 0 Å². The van der Waals surface area contributed by atoms with E-state index < -0.39 is 0 Å². The highest BCUT2D eigenvalue weighted by atomic mass is 16.5. The number of hydrogen-bond donors (Lipinski definition) is 0. The predicted molar refractivity (Wildman–Crippen MR) is 71.7 cm³/mol. The minimum absolute atomic E-state index is 0.472. The van der Waals surface area contributed by atoms with Gasteiger partial charge in [-0.15, -0.1) is 10.2 Å². The quantitative estimate of drug-likeness (QED) is 0.555. The summed E-state index contributed by atoms with van der Waals surface area (Å²) in [5.74, 6) is 1.05. The Hall–Kier alpha value is -3.02. The van der Waals surface area contributed by atoms with Crippen LogP contribution in [0.5, 0.6) is 0 Å². The molecule has 0 unspecified atom stereocenters. The van der Waals surface area contributed by atoms with Gasteiger partial charge >= 0.3 is 0 Å². The second-order valence-corrected chi connectivity index (χ2v) is 4.30. The SMILES string of the molecule is c1ccc(-c2noc(-c3ccc4nncn4c3)n2)cc1. The van der Waals surface area contributed by atoms with E-state index in [9.17, 15) is 0 Å². The normalized spacial score (nSPS) is 11.0. The van der Waals surface area contributed by atoms with Crippen molar-refractivity contribution in [3.63, 3.8) is 0 Å². The maximum atomic E-state index is 5.32. The van der Waals surface area contributed by atoms with Gasteiger partial charge in [0.2, 0.25) is 5.82 Å².